The van der Waals surface area contributed by atoms with Crippen LogP contribution < -0.4 is 11.2 Å². The quantitative estimate of drug-likeness (QED) is 0.443. The lowest BCUT2D eigenvalue weighted by Gasteiger charge is -2.24. The van der Waals surface area contributed by atoms with Crippen LogP contribution in [0.15, 0.2) is 15.8 Å². The number of hydrogen-bond donors (Lipinski definition) is 4. The van der Waals surface area contributed by atoms with E-state index >= 15 is 0 Å². The van der Waals surface area contributed by atoms with Gasteiger partial charge in [0.1, 0.15) is 12.2 Å². The molecule has 0 spiro atoms. The summed E-state index contributed by atoms with van der Waals surface area (Å²) in [5.74, 6) is 1.97. The van der Waals surface area contributed by atoms with Crippen LogP contribution in [0.1, 0.15) is 11.8 Å². The number of H-pyrrole nitrogens is 1. The highest BCUT2D eigenvalue weighted by molar-refractivity contribution is 5.20. The molecule has 1 aromatic rings. The molecule has 2 rings (SSSR count). The lowest BCUT2D eigenvalue weighted by Crippen LogP contribution is -2.48. The molecule has 1 fully saturated rings. The van der Waals surface area contributed by atoms with Gasteiger partial charge in [0.15, 0.2) is 11.8 Å². The number of aliphatic hydroxyl groups excluding tert-OH is 2. The highest BCUT2D eigenvalue weighted by atomic mass is 16.6. The summed E-state index contributed by atoms with van der Waals surface area (Å²) in [4.78, 5) is 25.1. The van der Waals surface area contributed by atoms with Crippen LogP contribution in [0.25, 0.3) is 0 Å². The number of nitrogens with one attached hydrogen (secondary N) is 1. The number of aromatic amines is 1. The molecule has 2 heterocycles. The lowest BCUT2D eigenvalue weighted by molar-refractivity contribution is -0.0625. The molecule has 20 heavy (non-hydrogen) atoms. The van der Waals surface area contributed by atoms with Crippen molar-refractivity contribution in [2.45, 2.75) is 31.0 Å². The lowest BCUT2D eigenvalue weighted by atomic mass is 9.93. The Morgan fingerprint density at radius 3 is 2.75 bits per heavy atom. The van der Waals surface area contributed by atoms with Gasteiger partial charge in [0.2, 0.25) is 0 Å². The molecule has 1 aromatic heterocycles. The summed E-state index contributed by atoms with van der Waals surface area (Å²) in [5.41, 5.74) is -3.28. The van der Waals surface area contributed by atoms with Gasteiger partial charge in [-0.1, -0.05) is 5.92 Å². The molecule has 0 bridgehead atoms. The van der Waals surface area contributed by atoms with E-state index in [0.29, 0.717) is 0 Å². The Morgan fingerprint density at radius 2 is 2.25 bits per heavy atom. The smallest absolute Gasteiger partial charge is 0.330 e. The minimum absolute atomic E-state index is 0.220. The highest BCUT2D eigenvalue weighted by Gasteiger charge is 2.55. The molecule has 8 heteroatoms. The standard InChI is InChI=1S/C12H14N2O6/c1-3-12(19)7(5-15)20-10(8(12)16)14-4-6(2)9(17)13-11(14)18/h1,4,7-8,10,15-16,19H,5H2,2H3,(H,13,17,18)/t7-,8-,10-,12?/m1/s1. The minimum Gasteiger partial charge on any atom is -0.394 e. The van der Waals surface area contributed by atoms with Crippen molar-refractivity contribution in [3.63, 3.8) is 0 Å². The summed E-state index contributed by atoms with van der Waals surface area (Å²) in [5, 5.41) is 29.3. The maximum Gasteiger partial charge on any atom is 0.330 e. The number of aromatic nitrogens is 2. The van der Waals surface area contributed by atoms with Gasteiger partial charge in [-0.15, -0.1) is 6.42 Å². The summed E-state index contributed by atoms with van der Waals surface area (Å²) in [6.07, 6.45) is 2.16. The summed E-state index contributed by atoms with van der Waals surface area (Å²) in [7, 11) is 0. The molecule has 8 nitrogen and oxygen atoms in total. The molecule has 0 amide bonds. The van der Waals surface area contributed by atoms with Crippen LogP contribution in [0.5, 0.6) is 0 Å². The van der Waals surface area contributed by atoms with E-state index in [1.165, 1.54) is 13.1 Å². The third-order valence-electron chi connectivity index (χ3n) is 3.33. The monoisotopic (exact) mass is 282 g/mol. The average molecular weight is 282 g/mol. The van der Waals surface area contributed by atoms with Crippen molar-refractivity contribution in [2.24, 2.45) is 0 Å². The van der Waals surface area contributed by atoms with Gasteiger partial charge in [-0.05, 0) is 6.92 Å². The van der Waals surface area contributed by atoms with Crippen molar-refractivity contribution in [2.75, 3.05) is 6.61 Å². The van der Waals surface area contributed by atoms with E-state index in [2.05, 4.69) is 0 Å². The van der Waals surface area contributed by atoms with Crippen LogP contribution in [0, 0.1) is 19.3 Å². The van der Waals surface area contributed by atoms with Gasteiger partial charge in [-0.25, -0.2) is 4.79 Å². The van der Waals surface area contributed by atoms with Gasteiger partial charge in [0.25, 0.3) is 5.56 Å². The number of hydrogen-bond acceptors (Lipinski definition) is 6. The zero-order chi connectivity index (χ0) is 15.1. The van der Waals surface area contributed by atoms with Crippen molar-refractivity contribution in [1.29, 1.82) is 0 Å². The number of aryl methyl sites for hydroxylation is 1. The largest absolute Gasteiger partial charge is 0.394 e. The third kappa shape index (κ3) is 1.97. The topological polar surface area (TPSA) is 125 Å². The second-order valence-corrected chi connectivity index (χ2v) is 4.59. The first-order valence-corrected chi connectivity index (χ1v) is 5.81. The molecular formula is C12H14N2O6. The van der Waals surface area contributed by atoms with Gasteiger partial charge in [-0.3, -0.25) is 14.3 Å². The van der Waals surface area contributed by atoms with E-state index in [4.69, 9.17) is 16.3 Å². The van der Waals surface area contributed by atoms with E-state index in [1.54, 1.807) is 0 Å². The third-order valence-corrected chi connectivity index (χ3v) is 3.33. The molecule has 0 aromatic carbocycles. The van der Waals surface area contributed by atoms with Crippen molar-refractivity contribution < 1.29 is 20.1 Å². The maximum atomic E-state index is 11.7. The molecule has 0 radical (unpaired) electrons. The van der Waals surface area contributed by atoms with Crippen LogP contribution >= 0.6 is 0 Å². The fourth-order valence-corrected chi connectivity index (χ4v) is 2.11. The van der Waals surface area contributed by atoms with Crippen LogP contribution in [0.3, 0.4) is 0 Å². The number of nitrogens with zero attached hydrogens (tertiary/aromatic N) is 1. The van der Waals surface area contributed by atoms with E-state index in [0.717, 1.165) is 4.57 Å². The number of rotatable bonds is 2. The van der Waals surface area contributed by atoms with E-state index in [9.17, 15) is 19.8 Å². The number of aliphatic hydroxyl groups is 3. The van der Waals surface area contributed by atoms with Crippen molar-refractivity contribution in [3.8, 4) is 12.3 Å². The first-order valence-electron chi connectivity index (χ1n) is 5.81. The predicted molar refractivity (Wildman–Crippen MR) is 66.8 cm³/mol. The van der Waals surface area contributed by atoms with Crippen molar-refractivity contribution >= 4 is 0 Å². The fraction of sp³-hybridized carbons (Fsp3) is 0.500. The first-order chi connectivity index (χ1) is 9.35. The van der Waals surface area contributed by atoms with E-state index in [1.807, 2.05) is 10.9 Å². The molecule has 108 valence electrons. The molecule has 1 aliphatic rings. The Hall–Kier alpha value is -1.92. The Labute approximate surface area is 113 Å². The van der Waals surface area contributed by atoms with Gasteiger partial charge >= 0.3 is 5.69 Å². The van der Waals surface area contributed by atoms with Crippen LogP contribution in [0.4, 0.5) is 0 Å². The molecule has 4 N–H and O–H groups in total. The van der Waals surface area contributed by atoms with Crippen LogP contribution in [-0.2, 0) is 4.74 Å². The van der Waals surface area contributed by atoms with E-state index in [-0.39, 0.29) is 5.56 Å². The first kappa shape index (κ1) is 14.5. The zero-order valence-corrected chi connectivity index (χ0v) is 10.6. The molecular weight excluding hydrogens is 268 g/mol. The van der Waals surface area contributed by atoms with Gasteiger partial charge in [-0.2, -0.15) is 0 Å². The average Bonchev–Trinajstić information content (AvgIpc) is 2.67. The summed E-state index contributed by atoms with van der Waals surface area (Å²) >= 11 is 0. The van der Waals surface area contributed by atoms with Crippen molar-refractivity contribution in [1.82, 2.24) is 9.55 Å². The predicted octanol–water partition coefficient (Wildman–Crippen LogP) is -2.54. The summed E-state index contributed by atoms with van der Waals surface area (Å²) in [6, 6.07) is 0. The maximum absolute atomic E-state index is 11.7. The van der Waals surface area contributed by atoms with Gasteiger partial charge in [0.05, 0.1) is 6.61 Å². The Kier molecular flexibility index (Phi) is 3.54. The Bertz CT molecular complexity index is 672. The number of ether oxygens (including phenoxy) is 1. The van der Waals surface area contributed by atoms with E-state index < -0.39 is 41.9 Å². The summed E-state index contributed by atoms with van der Waals surface area (Å²) < 4.78 is 6.16. The molecule has 1 unspecified atom stereocenters. The second-order valence-electron chi connectivity index (χ2n) is 4.59. The zero-order valence-electron chi connectivity index (χ0n) is 10.6. The van der Waals surface area contributed by atoms with Crippen molar-refractivity contribution in [3.05, 3.63) is 32.6 Å². The SMILES string of the molecule is C#CC1(O)[C@H](O)[C@H](n2cc(C)c(=O)[nH]c2=O)O[C@@H]1CO. The second kappa shape index (κ2) is 4.88. The van der Waals surface area contributed by atoms with Crippen LogP contribution in [0.2, 0.25) is 0 Å². The van der Waals surface area contributed by atoms with Gasteiger partial charge in [0, 0.05) is 11.8 Å². The molecule has 0 saturated carbocycles. The molecule has 1 saturated heterocycles. The fourth-order valence-electron chi connectivity index (χ4n) is 2.11. The highest BCUT2D eigenvalue weighted by Crippen LogP contribution is 2.35. The minimum atomic E-state index is -2.12. The van der Waals surface area contributed by atoms with Crippen LogP contribution in [-0.4, -0.2) is 49.3 Å². The number of terminal acetylenes is 1. The molecule has 1 aliphatic heterocycles. The Morgan fingerprint density at radius 1 is 1.60 bits per heavy atom. The molecule has 0 aliphatic carbocycles. The molecule has 4 atom stereocenters. The van der Waals surface area contributed by atoms with Gasteiger partial charge < -0.3 is 20.1 Å². The Balaban J connectivity index is 2.51. The summed E-state index contributed by atoms with van der Waals surface area (Å²) in [6.45, 7) is 0.832. The normalized spacial score (nSPS) is 33.0.